The van der Waals surface area contributed by atoms with E-state index in [1.165, 1.54) is 16.9 Å². The van der Waals surface area contributed by atoms with E-state index in [2.05, 4.69) is 17.6 Å². The molecule has 0 fully saturated rings. The largest absolute Gasteiger partial charge is 0.462 e. The molecule has 1 aliphatic carbocycles. The van der Waals surface area contributed by atoms with Gasteiger partial charge in [0.05, 0.1) is 5.56 Å². The van der Waals surface area contributed by atoms with E-state index >= 15 is 0 Å². The number of aryl methyl sites for hydroxylation is 1. The van der Waals surface area contributed by atoms with E-state index in [0.717, 1.165) is 34.9 Å². The minimum Gasteiger partial charge on any atom is -0.462 e. The van der Waals surface area contributed by atoms with Crippen molar-refractivity contribution in [2.45, 2.75) is 39.3 Å². The molecule has 0 saturated heterocycles. The Hall–Kier alpha value is -1.75. The maximum Gasteiger partial charge on any atom is 0.256 e. The summed E-state index contributed by atoms with van der Waals surface area (Å²) in [5.41, 5.74) is 2.12. The topological polar surface area (TPSA) is 54.3 Å². The number of carbonyl (C=O) groups is 1. The Kier molecular flexibility index (Phi) is 2.85. The molecule has 1 aliphatic heterocycles. The van der Waals surface area contributed by atoms with E-state index in [1.54, 1.807) is 11.3 Å². The number of hydrogen-bond acceptors (Lipinski definition) is 4. The fraction of sp³-hybridized carbons (Fsp3) is 0.438. The van der Waals surface area contributed by atoms with Gasteiger partial charge < -0.3 is 15.1 Å². The molecule has 4 nitrogen and oxygen atoms in total. The SMILES string of the molecule is Cc1ccc([C@H]2NC(=O)c3c(sc4c3CC[C@@H](C)C4)N2)o1. The fourth-order valence-electron chi connectivity index (χ4n) is 3.21. The molecule has 4 rings (SSSR count). The van der Waals surface area contributed by atoms with Crippen LogP contribution in [0.3, 0.4) is 0 Å². The van der Waals surface area contributed by atoms with Crippen molar-refractivity contribution in [1.29, 1.82) is 0 Å². The third-order valence-electron chi connectivity index (χ3n) is 4.34. The van der Waals surface area contributed by atoms with Crippen LogP contribution in [0.5, 0.6) is 0 Å². The van der Waals surface area contributed by atoms with Gasteiger partial charge in [-0.2, -0.15) is 0 Å². The first-order valence-corrected chi connectivity index (χ1v) is 8.21. The van der Waals surface area contributed by atoms with Gasteiger partial charge in [-0.05, 0) is 49.8 Å². The van der Waals surface area contributed by atoms with Gasteiger partial charge in [0, 0.05) is 4.88 Å². The van der Waals surface area contributed by atoms with Crippen LogP contribution in [0.25, 0.3) is 0 Å². The first-order chi connectivity index (χ1) is 10.1. The summed E-state index contributed by atoms with van der Waals surface area (Å²) in [5, 5.41) is 7.43. The zero-order chi connectivity index (χ0) is 14.6. The summed E-state index contributed by atoms with van der Waals surface area (Å²) in [4.78, 5) is 13.9. The average molecular weight is 302 g/mol. The molecule has 0 unspecified atom stereocenters. The Labute approximate surface area is 127 Å². The van der Waals surface area contributed by atoms with Gasteiger partial charge in [0.1, 0.15) is 16.5 Å². The van der Waals surface area contributed by atoms with Crippen LogP contribution in [0.4, 0.5) is 5.00 Å². The lowest BCUT2D eigenvalue weighted by Gasteiger charge is -2.25. The number of fused-ring (bicyclic) bond motifs is 3. The van der Waals surface area contributed by atoms with Crippen molar-refractivity contribution in [2.24, 2.45) is 5.92 Å². The number of amides is 1. The quantitative estimate of drug-likeness (QED) is 0.846. The van der Waals surface area contributed by atoms with Crippen molar-refractivity contribution in [1.82, 2.24) is 5.32 Å². The summed E-state index contributed by atoms with van der Waals surface area (Å²) >= 11 is 1.74. The smallest absolute Gasteiger partial charge is 0.256 e. The number of nitrogens with one attached hydrogen (secondary N) is 2. The minimum atomic E-state index is -0.267. The molecule has 0 saturated carbocycles. The highest BCUT2D eigenvalue weighted by molar-refractivity contribution is 7.16. The van der Waals surface area contributed by atoms with Crippen LogP contribution in [0.1, 0.15) is 51.8 Å². The van der Waals surface area contributed by atoms with Crippen LogP contribution in [0.15, 0.2) is 16.5 Å². The normalized spacial score (nSPS) is 24.0. The molecule has 2 atom stereocenters. The monoisotopic (exact) mass is 302 g/mol. The van der Waals surface area contributed by atoms with Crippen LogP contribution < -0.4 is 10.6 Å². The Balaban J connectivity index is 1.71. The average Bonchev–Trinajstić information content (AvgIpc) is 3.01. The molecule has 0 aromatic carbocycles. The minimum absolute atomic E-state index is 0.0230. The molecular formula is C16H18N2O2S. The Morgan fingerprint density at radius 2 is 2.19 bits per heavy atom. The molecule has 3 heterocycles. The maximum atomic E-state index is 12.5. The molecule has 5 heteroatoms. The van der Waals surface area contributed by atoms with Crippen molar-refractivity contribution in [2.75, 3.05) is 5.32 Å². The second kappa shape index (κ2) is 4.63. The number of anilines is 1. The first-order valence-electron chi connectivity index (χ1n) is 7.40. The highest BCUT2D eigenvalue weighted by atomic mass is 32.1. The van der Waals surface area contributed by atoms with Gasteiger partial charge in [0.15, 0.2) is 6.17 Å². The van der Waals surface area contributed by atoms with Gasteiger partial charge >= 0.3 is 0 Å². The Bertz CT molecular complexity index is 716. The lowest BCUT2D eigenvalue weighted by molar-refractivity contribution is 0.0930. The van der Waals surface area contributed by atoms with E-state index in [-0.39, 0.29) is 12.1 Å². The predicted molar refractivity (Wildman–Crippen MR) is 82.8 cm³/mol. The van der Waals surface area contributed by atoms with Crippen LogP contribution in [0.2, 0.25) is 0 Å². The summed E-state index contributed by atoms with van der Waals surface area (Å²) in [7, 11) is 0. The van der Waals surface area contributed by atoms with Crippen molar-refractivity contribution in [3.05, 3.63) is 39.7 Å². The van der Waals surface area contributed by atoms with Gasteiger partial charge in [-0.1, -0.05) is 6.92 Å². The van der Waals surface area contributed by atoms with Crippen LogP contribution >= 0.6 is 11.3 Å². The third kappa shape index (κ3) is 2.07. The second-order valence-corrected chi connectivity index (χ2v) is 7.16. The van der Waals surface area contributed by atoms with Gasteiger partial charge in [0.2, 0.25) is 0 Å². The van der Waals surface area contributed by atoms with Crippen LogP contribution in [-0.2, 0) is 12.8 Å². The molecule has 0 radical (unpaired) electrons. The summed E-state index contributed by atoms with van der Waals surface area (Å²) < 4.78 is 5.63. The number of thiophene rings is 1. The fourth-order valence-corrected chi connectivity index (χ4v) is 4.65. The summed E-state index contributed by atoms with van der Waals surface area (Å²) in [6, 6.07) is 3.83. The van der Waals surface area contributed by atoms with Crippen molar-refractivity contribution in [3.8, 4) is 0 Å². The second-order valence-electron chi connectivity index (χ2n) is 6.06. The van der Waals surface area contributed by atoms with E-state index in [1.807, 2.05) is 19.1 Å². The highest BCUT2D eigenvalue weighted by Gasteiger charge is 2.33. The number of rotatable bonds is 1. The van der Waals surface area contributed by atoms with Gasteiger partial charge in [-0.3, -0.25) is 4.79 Å². The van der Waals surface area contributed by atoms with Crippen LogP contribution in [0, 0.1) is 12.8 Å². The Morgan fingerprint density at radius 1 is 1.33 bits per heavy atom. The van der Waals surface area contributed by atoms with E-state index in [0.29, 0.717) is 5.92 Å². The van der Waals surface area contributed by atoms with Crippen molar-refractivity contribution >= 4 is 22.2 Å². The molecule has 0 spiro atoms. The summed E-state index contributed by atoms with van der Waals surface area (Å²) in [5.74, 6) is 2.34. The molecule has 2 N–H and O–H groups in total. The number of furan rings is 1. The van der Waals surface area contributed by atoms with E-state index in [4.69, 9.17) is 4.42 Å². The van der Waals surface area contributed by atoms with Gasteiger partial charge in [-0.25, -0.2) is 0 Å². The molecule has 110 valence electrons. The lowest BCUT2D eigenvalue weighted by atomic mass is 9.88. The summed E-state index contributed by atoms with van der Waals surface area (Å²) in [6.45, 7) is 4.19. The molecule has 0 bridgehead atoms. The predicted octanol–water partition coefficient (Wildman–Crippen LogP) is 3.63. The number of hydrogen-bond donors (Lipinski definition) is 2. The number of carbonyl (C=O) groups excluding carboxylic acids is 1. The van der Waals surface area contributed by atoms with Gasteiger partial charge in [0.25, 0.3) is 5.91 Å². The molecule has 1 amide bonds. The zero-order valence-electron chi connectivity index (χ0n) is 12.2. The standard InChI is InChI=1S/C16H18N2O2S/c1-8-3-5-10-12(7-8)21-16-13(10)15(19)17-14(18-16)11-6-4-9(2)20-11/h4,6,8,14,18H,3,5,7H2,1-2H3,(H,17,19)/t8-,14+/m1/s1. The van der Waals surface area contributed by atoms with E-state index < -0.39 is 0 Å². The lowest BCUT2D eigenvalue weighted by Crippen LogP contribution is -2.38. The Morgan fingerprint density at radius 3 is 2.95 bits per heavy atom. The van der Waals surface area contributed by atoms with Crippen LogP contribution in [-0.4, -0.2) is 5.91 Å². The van der Waals surface area contributed by atoms with E-state index in [9.17, 15) is 4.79 Å². The zero-order valence-corrected chi connectivity index (χ0v) is 13.0. The molecule has 2 aromatic rings. The summed E-state index contributed by atoms with van der Waals surface area (Å²) in [6.07, 6.45) is 3.01. The maximum absolute atomic E-state index is 12.5. The first kappa shape index (κ1) is 13.0. The molecule has 2 aliphatic rings. The molecular weight excluding hydrogens is 284 g/mol. The highest BCUT2D eigenvalue weighted by Crippen LogP contribution is 2.42. The molecule has 21 heavy (non-hydrogen) atoms. The van der Waals surface area contributed by atoms with Gasteiger partial charge in [-0.15, -0.1) is 11.3 Å². The molecule has 2 aromatic heterocycles. The third-order valence-corrected chi connectivity index (χ3v) is 5.52. The van der Waals surface area contributed by atoms with Crippen molar-refractivity contribution in [3.63, 3.8) is 0 Å². The van der Waals surface area contributed by atoms with Crippen molar-refractivity contribution < 1.29 is 9.21 Å².